The number of ether oxygens (including phenoxy) is 1. The number of aliphatic hydroxyl groups excluding tert-OH is 1. The molecule has 6 rings (SSSR count). The van der Waals surface area contributed by atoms with Crippen molar-refractivity contribution in [2.45, 2.75) is 36.0 Å². The van der Waals surface area contributed by atoms with Gasteiger partial charge in [-0.3, -0.25) is 14.6 Å². The molecule has 0 saturated carbocycles. The number of amides is 2. The highest BCUT2D eigenvalue weighted by molar-refractivity contribution is 7.91. The number of nitrogens with two attached hydrogens (primary N) is 1. The van der Waals surface area contributed by atoms with Crippen LogP contribution in [0, 0.1) is 6.92 Å². The van der Waals surface area contributed by atoms with E-state index in [1.54, 1.807) is 49.4 Å². The number of aromatic nitrogens is 1. The van der Waals surface area contributed by atoms with E-state index < -0.39 is 21.7 Å². The Kier molecular flexibility index (Phi) is 10.6. The molecule has 5 N–H and O–H groups in total. The van der Waals surface area contributed by atoms with Crippen molar-refractivity contribution in [3.05, 3.63) is 138 Å². The minimum absolute atomic E-state index is 0.0408. The molecule has 2 amide bonds. The summed E-state index contributed by atoms with van der Waals surface area (Å²) in [5.41, 5.74) is 11.7. The number of anilines is 3. The molecule has 10 nitrogen and oxygen atoms in total. The number of primary amides is 1. The maximum atomic E-state index is 14.1. The third-order valence-corrected chi connectivity index (χ3v) is 10.5. The van der Waals surface area contributed by atoms with Gasteiger partial charge in [-0.15, -0.1) is 0 Å². The second kappa shape index (κ2) is 15.5. The zero-order valence-corrected chi connectivity index (χ0v) is 29.5. The van der Waals surface area contributed by atoms with Crippen LogP contribution in [0.4, 0.5) is 17.1 Å². The lowest BCUT2D eigenvalue weighted by Crippen LogP contribution is -2.15. The molecule has 0 aliphatic carbocycles. The average molecular weight is 715 g/mol. The van der Waals surface area contributed by atoms with E-state index in [4.69, 9.17) is 15.6 Å². The number of carbonyl (C=O) groups excluding carboxylic acids is 2. The number of carbonyl (C=O) groups is 2. The minimum atomic E-state index is -4.14. The molecule has 1 heterocycles. The van der Waals surface area contributed by atoms with Crippen LogP contribution >= 0.6 is 0 Å². The first-order valence-electron chi connectivity index (χ1n) is 16.7. The Bertz CT molecular complexity index is 2380. The molecular weight excluding hydrogens is 677 g/mol. The van der Waals surface area contributed by atoms with Gasteiger partial charge in [-0.05, 0) is 103 Å². The molecule has 11 heteroatoms. The quantitative estimate of drug-likeness (QED) is 0.0897. The number of benzene rings is 5. The fraction of sp³-hybridized carbons (Fsp3) is 0.146. The van der Waals surface area contributed by atoms with Crippen molar-refractivity contribution >= 4 is 49.6 Å². The summed E-state index contributed by atoms with van der Waals surface area (Å²) in [4.78, 5) is 30.1. The standard InChI is InChI=1S/C41H38N4O6S/c1-26-21-35(24-36-38(26)43-25-37(40(42)47)39(36)44-32-9-6-10-33(23-32)51-2)52(49,50)34-11-5-8-30(22-34)41(48)45-31-18-16-29(17-19-31)28-14-12-27(13-15-28)7-3-4-20-46/h5-6,8-19,21-25,46H,3-4,7,20H2,1-2H3,(H2,42,47)(H,43,44)(H,45,48). The van der Waals surface area contributed by atoms with Crippen LogP contribution < -0.4 is 21.1 Å². The highest BCUT2D eigenvalue weighted by Gasteiger charge is 2.23. The van der Waals surface area contributed by atoms with Gasteiger partial charge in [0, 0.05) is 41.2 Å². The van der Waals surface area contributed by atoms with Crippen molar-refractivity contribution in [3.8, 4) is 16.9 Å². The van der Waals surface area contributed by atoms with Crippen molar-refractivity contribution in [2.75, 3.05) is 24.4 Å². The molecule has 0 radical (unpaired) electrons. The highest BCUT2D eigenvalue weighted by atomic mass is 32.2. The summed E-state index contributed by atoms with van der Waals surface area (Å²) in [5, 5.41) is 15.5. The molecule has 6 aromatic rings. The third kappa shape index (κ3) is 7.80. The van der Waals surface area contributed by atoms with E-state index in [-0.39, 0.29) is 27.5 Å². The average Bonchev–Trinajstić information content (AvgIpc) is 3.15. The van der Waals surface area contributed by atoms with Crippen molar-refractivity contribution in [2.24, 2.45) is 5.73 Å². The van der Waals surface area contributed by atoms with Crippen LogP contribution in [0.15, 0.2) is 125 Å². The molecule has 1 aromatic heterocycles. The van der Waals surface area contributed by atoms with Crippen LogP contribution in [-0.2, 0) is 16.3 Å². The Morgan fingerprint density at radius 2 is 1.54 bits per heavy atom. The number of rotatable bonds is 13. The van der Waals surface area contributed by atoms with E-state index in [0.717, 1.165) is 30.4 Å². The molecule has 0 atom stereocenters. The second-order valence-electron chi connectivity index (χ2n) is 12.3. The number of aryl methyl sites for hydroxylation is 2. The Labute approximate surface area is 302 Å². The summed E-state index contributed by atoms with van der Waals surface area (Å²) in [7, 11) is -2.61. The molecule has 0 fully saturated rings. The normalized spacial score (nSPS) is 11.3. The first-order chi connectivity index (χ1) is 25.1. The summed E-state index contributed by atoms with van der Waals surface area (Å²) >= 11 is 0. The van der Waals surface area contributed by atoms with E-state index in [1.165, 1.54) is 49.2 Å². The molecule has 0 aliphatic rings. The molecule has 264 valence electrons. The fourth-order valence-electron chi connectivity index (χ4n) is 5.96. The predicted molar refractivity (Wildman–Crippen MR) is 203 cm³/mol. The summed E-state index contributed by atoms with van der Waals surface area (Å²) in [6, 6.07) is 31.6. The van der Waals surface area contributed by atoms with Crippen molar-refractivity contribution < 1.29 is 27.9 Å². The van der Waals surface area contributed by atoms with Gasteiger partial charge in [0.25, 0.3) is 11.8 Å². The van der Waals surface area contributed by atoms with Crippen molar-refractivity contribution in [3.63, 3.8) is 0 Å². The van der Waals surface area contributed by atoms with Gasteiger partial charge in [-0.1, -0.05) is 48.5 Å². The van der Waals surface area contributed by atoms with E-state index in [9.17, 15) is 18.0 Å². The number of unbranched alkanes of at least 4 members (excludes halogenated alkanes) is 1. The first-order valence-corrected chi connectivity index (χ1v) is 18.2. The molecule has 0 bridgehead atoms. The zero-order chi connectivity index (χ0) is 36.8. The van der Waals surface area contributed by atoms with Crippen LogP contribution in [0.3, 0.4) is 0 Å². The number of nitrogens with zero attached hydrogens (tertiary/aromatic N) is 1. The second-order valence-corrected chi connectivity index (χ2v) is 14.3. The number of methoxy groups -OCH3 is 1. The molecule has 5 aromatic carbocycles. The van der Waals surface area contributed by atoms with Crippen molar-refractivity contribution in [1.82, 2.24) is 4.98 Å². The molecule has 0 saturated heterocycles. The number of sulfone groups is 1. The summed E-state index contributed by atoms with van der Waals surface area (Å²) in [5.74, 6) is -0.622. The Morgan fingerprint density at radius 3 is 2.23 bits per heavy atom. The lowest BCUT2D eigenvalue weighted by atomic mass is 10.0. The fourth-order valence-corrected chi connectivity index (χ4v) is 7.38. The number of pyridine rings is 1. The van der Waals surface area contributed by atoms with Gasteiger partial charge in [-0.25, -0.2) is 8.42 Å². The predicted octanol–water partition coefficient (Wildman–Crippen LogP) is 7.46. The van der Waals surface area contributed by atoms with Crippen LogP contribution in [0.5, 0.6) is 5.75 Å². The number of hydrogen-bond acceptors (Lipinski definition) is 8. The van der Waals surface area contributed by atoms with E-state index >= 15 is 0 Å². The summed E-state index contributed by atoms with van der Waals surface area (Å²) in [6.07, 6.45) is 3.99. The Hall–Kier alpha value is -6.04. The smallest absolute Gasteiger partial charge is 0.255 e. The van der Waals surface area contributed by atoms with Crippen LogP contribution in [0.25, 0.3) is 22.0 Å². The number of nitrogens with one attached hydrogen (secondary N) is 2. The lowest BCUT2D eigenvalue weighted by Gasteiger charge is -2.16. The number of aliphatic hydroxyl groups is 1. The van der Waals surface area contributed by atoms with E-state index in [1.807, 2.05) is 12.1 Å². The van der Waals surface area contributed by atoms with Crippen LogP contribution in [-0.4, -0.2) is 44.0 Å². The topological polar surface area (TPSA) is 161 Å². The van der Waals surface area contributed by atoms with Crippen LogP contribution in [0.2, 0.25) is 0 Å². The largest absolute Gasteiger partial charge is 0.497 e. The maximum absolute atomic E-state index is 14.1. The number of hydrogen-bond donors (Lipinski definition) is 4. The Balaban J connectivity index is 1.25. The van der Waals surface area contributed by atoms with Gasteiger partial charge in [-0.2, -0.15) is 0 Å². The molecule has 0 spiro atoms. The Morgan fingerprint density at radius 1 is 0.827 bits per heavy atom. The van der Waals surface area contributed by atoms with Crippen LogP contribution in [0.1, 0.15) is 44.7 Å². The van der Waals surface area contributed by atoms with Crippen molar-refractivity contribution in [1.29, 1.82) is 0 Å². The SMILES string of the molecule is COc1cccc(Nc2c(C(N)=O)cnc3c(C)cc(S(=O)(=O)c4cccc(C(=O)Nc5ccc(-c6ccc(CCCCO)cc6)cc5)c4)cc23)c1. The number of fused-ring (bicyclic) bond motifs is 1. The van der Waals surface area contributed by atoms with Gasteiger partial charge in [0.05, 0.1) is 33.7 Å². The summed E-state index contributed by atoms with van der Waals surface area (Å²) < 4.78 is 33.5. The van der Waals surface area contributed by atoms with Gasteiger partial charge < -0.3 is 26.2 Å². The third-order valence-electron chi connectivity index (χ3n) is 8.76. The van der Waals surface area contributed by atoms with Gasteiger partial charge >= 0.3 is 0 Å². The minimum Gasteiger partial charge on any atom is -0.497 e. The zero-order valence-electron chi connectivity index (χ0n) is 28.7. The molecule has 0 aliphatic heterocycles. The highest BCUT2D eigenvalue weighted by Crippen LogP contribution is 2.35. The molecular formula is C41H38N4O6S. The molecule has 52 heavy (non-hydrogen) atoms. The summed E-state index contributed by atoms with van der Waals surface area (Å²) in [6.45, 7) is 1.93. The van der Waals surface area contributed by atoms with Gasteiger partial charge in [0.15, 0.2) is 0 Å². The lowest BCUT2D eigenvalue weighted by molar-refractivity contribution is 0.0998. The van der Waals surface area contributed by atoms with E-state index in [2.05, 4.69) is 39.9 Å². The van der Waals surface area contributed by atoms with Gasteiger partial charge in [0.1, 0.15) is 5.75 Å². The van der Waals surface area contributed by atoms with E-state index in [0.29, 0.717) is 39.3 Å². The monoisotopic (exact) mass is 714 g/mol. The van der Waals surface area contributed by atoms with Gasteiger partial charge in [0.2, 0.25) is 9.84 Å². The maximum Gasteiger partial charge on any atom is 0.255 e. The molecule has 0 unspecified atom stereocenters. The first kappa shape index (κ1) is 35.8.